The van der Waals surface area contributed by atoms with Crippen molar-refractivity contribution in [3.05, 3.63) is 59.5 Å². The van der Waals surface area contributed by atoms with E-state index in [1.165, 1.54) is 6.07 Å². The van der Waals surface area contributed by atoms with E-state index in [1.54, 1.807) is 42.4 Å². The van der Waals surface area contributed by atoms with E-state index >= 15 is 0 Å². The molecule has 5 nitrogen and oxygen atoms in total. The molecule has 0 spiro atoms. The Balaban J connectivity index is 1.88. The van der Waals surface area contributed by atoms with Crippen molar-refractivity contribution in [2.45, 2.75) is 19.5 Å². The number of hydrogen-bond acceptors (Lipinski definition) is 5. The van der Waals surface area contributed by atoms with Crippen molar-refractivity contribution >= 4 is 11.8 Å². The molecule has 3 rings (SSSR count). The molecule has 6 heteroatoms. The number of aromatic nitrogens is 1. The summed E-state index contributed by atoms with van der Waals surface area (Å²) in [5.41, 5.74) is 4.30. The number of fused-ring (bicyclic) bond motifs is 1. The molecule has 22 heavy (non-hydrogen) atoms. The van der Waals surface area contributed by atoms with Gasteiger partial charge in [0.2, 0.25) is 0 Å². The number of halogens is 1. The second kappa shape index (κ2) is 6.11. The van der Waals surface area contributed by atoms with Gasteiger partial charge in [-0.05, 0) is 19.1 Å². The smallest absolute Gasteiger partial charge is 0.329 e. The summed E-state index contributed by atoms with van der Waals surface area (Å²) in [7, 11) is 0. The molecule has 0 radical (unpaired) electrons. The average Bonchev–Trinajstić information content (AvgIpc) is 2.89. The molecule has 0 fully saturated rings. The lowest BCUT2D eigenvalue weighted by Gasteiger charge is -2.19. The average molecular weight is 301 g/mol. The Morgan fingerprint density at radius 3 is 2.95 bits per heavy atom. The van der Waals surface area contributed by atoms with Crippen LogP contribution < -0.4 is 10.4 Å². The van der Waals surface area contributed by atoms with Crippen LogP contribution in [0.3, 0.4) is 0 Å². The fourth-order valence-corrected chi connectivity index (χ4v) is 2.47. The van der Waals surface area contributed by atoms with Gasteiger partial charge in [-0.15, -0.1) is 0 Å². The van der Waals surface area contributed by atoms with Gasteiger partial charge in [0.15, 0.2) is 6.04 Å². The number of nitrogens with zero attached hydrogens (tertiary/aromatic N) is 2. The van der Waals surface area contributed by atoms with Gasteiger partial charge in [0.25, 0.3) is 0 Å². The van der Waals surface area contributed by atoms with Gasteiger partial charge in [0.05, 0.1) is 13.2 Å². The molecular formula is C16H16FN3O2. The molecule has 2 heterocycles. The molecule has 1 aliphatic rings. The van der Waals surface area contributed by atoms with Crippen LogP contribution in [-0.4, -0.2) is 17.6 Å². The van der Waals surface area contributed by atoms with Crippen LogP contribution in [0.2, 0.25) is 0 Å². The first-order chi connectivity index (χ1) is 10.7. The van der Waals surface area contributed by atoms with Crippen molar-refractivity contribution in [3.8, 4) is 0 Å². The number of carbonyl (C=O) groups excluding carboxylic acids is 1. The standard InChI is InChI=1S/C16H16FN3O2/c1-2-22-16(21)14-12-7-5-9-18-15(12)20(19-14)10-11-6-3-4-8-13(11)17/h3-9,14,19H,2,10H2,1H3. The molecule has 0 amide bonds. The number of carbonyl (C=O) groups is 1. The third kappa shape index (κ3) is 2.65. The monoisotopic (exact) mass is 301 g/mol. The summed E-state index contributed by atoms with van der Waals surface area (Å²) < 4.78 is 18.9. The number of benzene rings is 1. The maximum atomic E-state index is 13.8. The number of pyridine rings is 1. The van der Waals surface area contributed by atoms with Crippen molar-refractivity contribution < 1.29 is 13.9 Å². The van der Waals surface area contributed by atoms with E-state index in [0.29, 0.717) is 18.0 Å². The molecule has 1 unspecified atom stereocenters. The molecule has 0 saturated heterocycles. The third-order valence-corrected chi connectivity index (χ3v) is 3.48. The Bertz CT molecular complexity index is 693. The molecule has 1 aromatic heterocycles. The van der Waals surface area contributed by atoms with Crippen molar-refractivity contribution in [1.29, 1.82) is 0 Å². The van der Waals surface area contributed by atoms with E-state index in [9.17, 15) is 9.18 Å². The zero-order valence-corrected chi connectivity index (χ0v) is 12.1. The summed E-state index contributed by atoms with van der Waals surface area (Å²) in [5, 5.41) is 1.68. The topological polar surface area (TPSA) is 54.5 Å². The van der Waals surface area contributed by atoms with Crippen LogP contribution in [0.5, 0.6) is 0 Å². The normalized spacial score (nSPS) is 16.5. The predicted octanol–water partition coefficient (Wildman–Crippen LogP) is 2.35. The minimum Gasteiger partial charge on any atom is -0.465 e. The summed E-state index contributed by atoms with van der Waals surface area (Å²) >= 11 is 0. The largest absolute Gasteiger partial charge is 0.465 e. The van der Waals surface area contributed by atoms with E-state index < -0.39 is 6.04 Å². The molecule has 114 valence electrons. The number of anilines is 1. The highest BCUT2D eigenvalue weighted by Gasteiger charge is 2.35. The van der Waals surface area contributed by atoms with Gasteiger partial charge in [-0.2, -0.15) is 0 Å². The summed E-state index contributed by atoms with van der Waals surface area (Å²) in [6.07, 6.45) is 1.64. The first kappa shape index (κ1) is 14.5. The highest BCUT2D eigenvalue weighted by Crippen LogP contribution is 2.32. The van der Waals surface area contributed by atoms with Crippen molar-refractivity contribution in [3.63, 3.8) is 0 Å². The summed E-state index contributed by atoms with van der Waals surface area (Å²) in [5.74, 6) is -0.0436. The highest BCUT2D eigenvalue weighted by molar-refractivity contribution is 5.81. The summed E-state index contributed by atoms with van der Waals surface area (Å²) in [6.45, 7) is 2.33. The molecule has 0 bridgehead atoms. The van der Waals surface area contributed by atoms with Gasteiger partial charge in [-0.3, -0.25) is 5.01 Å². The van der Waals surface area contributed by atoms with Crippen LogP contribution in [0.15, 0.2) is 42.6 Å². The van der Waals surface area contributed by atoms with E-state index in [-0.39, 0.29) is 18.3 Å². The quantitative estimate of drug-likeness (QED) is 0.879. The number of esters is 1. The Labute approximate surface area is 127 Å². The lowest BCUT2D eigenvalue weighted by molar-refractivity contribution is -0.145. The lowest BCUT2D eigenvalue weighted by Crippen LogP contribution is -2.37. The molecular weight excluding hydrogens is 285 g/mol. The number of rotatable bonds is 4. The lowest BCUT2D eigenvalue weighted by atomic mass is 10.1. The van der Waals surface area contributed by atoms with E-state index in [2.05, 4.69) is 10.4 Å². The maximum absolute atomic E-state index is 13.8. The number of hydrazine groups is 1. The van der Waals surface area contributed by atoms with Crippen LogP contribution in [0.25, 0.3) is 0 Å². The van der Waals surface area contributed by atoms with Gasteiger partial charge < -0.3 is 4.74 Å². The summed E-state index contributed by atoms with van der Waals surface area (Å²) in [6, 6.07) is 9.50. The molecule has 1 N–H and O–H groups in total. The second-order valence-electron chi connectivity index (χ2n) is 4.91. The fourth-order valence-electron chi connectivity index (χ4n) is 2.47. The maximum Gasteiger partial charge on any atom is 0.329 e. The SMILES string of the molecule is CCOC(=O)C1NN(Cc2ccccc2F)c2ncccc21. The zero-order chi connectivity index (χ0) is 15.5. The molecule has 2 aromatic rings. The third-order valence-electron chi connectivity index (χ3n) is 3.48. The molecule has 0 aliphatic carbocycles. The van der Waals surface area contributed by atoms with Gasteiger partial charge in [-0.1, -0.05) is 24.3 Å². The first-order valence-electron chi connectivity index (χ1n) is 7.09. The Morgan fingerprint density at radius 2 is 2.18 bits per heavy atom. The predicted molar refractivity (Wildman–Crippen MR) is 79.3 cm³/mol. The van der Waals surface area contributed by atoms with Gasteiger partial charge in [-0.25, -0.2) is 19.6 Å². The van der Waals surface area contributed by atoms with Gasteiger partial charge in [0.1, 0.15) is 11.6 Å². The van der Waals surface area contributed by atoms with Crippen LogP contribution in [0.1, 0.15) is 24.1 Å². The minimum atomic E-state index is -0.615. The number of nitrogens with one attached hydrogen (secondary N) is 1. The molecule has 0 saturated carbocycles. The van der Waals surface area contributed by atoms with Gasteiger partial charge in [0, 0.05) is 17.3 Å². The van der Waals surface area contributed by atoms with E-state index in [4.69, 9.17) is 4.74 Å². The Morgan fingerprint density at radius 1 is 1.36 bits per heavy atom. The Hall–Kier alpha value is -2.47. The zero-order valence-electron chi connectivity index (χ0n) is 12.1. The molecule has 1 atom stereocenters. The van der Waals surface area contributed by atoms with Crippen molar-refractivity contribution in [2.75, 3.05) is 11.6 Å². The fraction of sp³-hybridized carbons (Fsp3) is 0.250. The number of ether oxygens (including phenoxy) is 1. The van der Waals surface area contributed by atoms with E-state index in [0.717, 1.165) is 5.56 Å². The Kier molecular flexibility index (Phi) is 4.02. The second-order valence-corrected chi connectivity index (χ2v) is 4.91. The number of hydrogen-bond donors (Lipinski definition) is 1. The van der Waals surface area contributed by atoms with E-state index in [1.807, 2.05) is 6.07 Å². The summed E-state index contributed by atoms with van der Waals surface area (Å²) in [4.78, 5) is 16.4. The van der Waals surface area contributed by atoms with Crippen LogP contribution >= 0.6 is 0 Å². The first-order valence-corrected chi connectivity index (χ1v) is 7.09. The molecule has 1 aromatic carbocycles. The van der Waals surface area contributed by atoms with Gasteiger partial charge >= 0.3 is 5.97 Å². The van der Waals surface area contributed by atoms with Crippen molar-refractivity contribution in [1.82, 2.24) is 10.4 Å². The van der Waals surface area contributed by atoms with Crippen LogP contribution in [0.4, 0.5) is 10.2 Å². The van der Waals surface area contributed by atoms with Crippen LogP contribution in [-0.2, 0) is 16.1 Å². The van der Waals surface area contributed by atoms with Crippen molar-refractivity contribution in [2.24, 2.45) is 0 Å². The minimum absolute atomic E-state index is 0.270. The van der Waals surface area contributed by atoms with Crippen LogP contribution in [0, 0.1) is 5.82 Å². The highest BCUT2D eigenvalue weighted by atomic mass is 19.1. The molecule has 1 aliphatic heterocycles.